The fourth-order valence-corrected chi connectivity index (χ4v) is 4.10. The highest BCUT2D eigenvalue weighted by Gasteiger charge is 2.57. The molecule has 1 spiro atoms. The molecule has 1 N–H and O–H groups in total. The van der Waals surface area contributed by atoms with Crippen molar-refractivity contribution in [3.05, 3.63) is 24.0 Å². The number of benzene rings is 1. The van der Waals surface area contributed by atoms with E-state index in [4.69, 9.17) is 0 Å². The number of rotatable bonds is 0. The van der Waals surface area contributed by atoms with Crippen LogP contribution >= 0.6 is 0 Å². The molecule has 1 saturated carbocycles. The Labute approximate surface area is 87.2 Å². The third-order valence-corrected chi connectivity index (χ3v) is 5.82. The van der Waals surface area contributed by atoms with Gasteiger partial charge in [0.05, 0.1) is 15.3 Å². The predicted octanol–water partition coefficient (Wildman–Crippen LogP) is 1.56. The molecule has 5 heteroatoms. The van der Waals surface area contributed by atoms with Gasteiger partial charge in [0.25, 0.3) is 0 Å². The lowest BCUT2D eigenvalue weighted by atomic mass is 10.3. The molecule has 0 unspecified atom stereocenters. The van der Waals surface area contributed by atoms with E-state index >= 15 is 0 Å². The summed E-state index contributed by atoms with van der Waals surface area (Å²) in [6.45, 7) is 0.452. The van der Waals surface area contributed by atoms with E-state index in [2.05, 4.69) is 5.32 Å². The lowest BCUT2D eigenvalue weighted by Crippen LogP contribution is -2.36. The van der Waals surface area contributed by atoms with Crippen LogP contribution < -0.4 is 5.32 Å². The van der Waals surface area contributed by atoms with E-state index in [1.54, 1.807) is 0 Å². The molecule has 1 aliphatic carbocycles. The van der Waals surface area contributed by atoms with Gasteiger partial charge in [-0.05, 0) is 31.0 Å². The van der Waals surface area contributed by atoms with Gasteiger partial charge in [0.15, 0.2) is 9.84 Å². The second-order valence-electron chi connectivity index (χ2n) is 4.18. The van der Waals surface area contributed by atoms with Crippen molar-refractivity contribution in [2.45, 2.75) is 22.5 Å². The van der Waals surface area contributed by atoms with Crippen LogP contribution in [0.5, 0.6) is 0 Å². The smallest absolute Gasteiger partial charge is 0.187 e. The minimum absolute atomic E-state index is 0.117. The number of nitrogens with one attached hydrogen (secondary N) is 1. The summed E-state index contributed by atoms with van der Waals surface area (Å²) in [6, 6.07) is 3.86. The molecule has 15 heavy (non-hydrogen) atoms. The number of fused-ring (bicyclic) bond motifs is 1. The van der Waals surface area contributed by atoms with Gasteiger partial charge in [-0.25, -0.2) is 12.8 Å². The third kappa shape index (κ3) is 1.07. The average Bonchev–Trinajstić information content (AvgIpc) is 2.95. The number of hydrogen-bond acceptors (Lipinski definition) is 3. The molecule has 1 fully saturated rings. The lowest BCUT2D eigenvalue weighted by molar-refractivity contribution is 0.571. The summed E-state index contributed by atoms with van der Waals surface area (Å²) in [5.74, 6) is -0.503. The van der Waals surface area contributed by atoms with Gasteiger partial charge < -0.3 is 5.32 Å². The maximum atomic E-state index is 13.0. The zero-order chi connectivity index (χ0) is 10.7. The molecule has 1 heterocycles. The standard InChI is InChI=1S/C10H10FNO2S/c11-7-1-2-8-9(5-7)15(13,14)10(3-4-10)6-12-8/h1-2,5,12H,3-4,6H2. The first kappa shape index (κ1) is 9.15. The van der Waals surface area contributed by atoms with Crippen LogP contribution in [0.2, 0.25) is 0 Å². The molecule has 0 aromatic heterocycles. The van der Waals surface area contributed by atoms with Crippen molar-refractivity contribution in [2.75, 3.05) is 11.9 Å². The molecule has 3 nitrogen and oxygen atoms in total. The Morgan fingerprint density at radius 2 is 2.07 bits per heavy atom. The highest BCUT2D eigenvalue weighted by Crippen LogP contribution is 2.50. The molecule has 0 amide bonds. The monoisotopic (exact) mass is 227 g/mol. The Kier molecular flexibility index (Phi) is 1.54. The Hall–Kier alpha value is -1.10. The maximum absolute atomic E-state index is 13.0. The predicted molar refractivity (Wildman–Crippen MR) is 54.0 cm³/mol. The van der Waals surface area contributed by atoms with Gasteiger partial charge in [0.2, 0.25) is 0 Å². The van der Waals surface area contributed by atoms with Gasteiger partial charge in [-0.3, -0.25) is 0 Å². The Balaban J connectivity index is 2.27. The second-order valence-corrected chi connectivity index (χ2v) is 6.49. The van der Waals surface area contributed by atoms with E-state index in [-0.39, 0.29) is 4.90 Å². The summed E-state index contributed by atoms with van der Waals surface area (Å²) in [5, 5.41) is 3.05. The number of anilines is 1. The molecule has 80 valence electrons. The van der Waals surface area contributed by atoms with Crippen molar-refractivity contribution in [2.24, 2.45) is 0 Å². The zero-order valence-electron chi connectivity index (χ0n) is 7.96. The van der Waals surface area contributed by atoms with E-state index in [1.165, 1.54) is 12.1 Å². The minimum atomic E-state index is -3.33. The van der Waals surface area contributed by atoms with E-state index in [1.807, 2.05) is 0 Å². The molecule has 0 saturated heterocycles. The third-order valence-electron chi connectivity index (χ3n) is 3.21. The van der Waals surface area contributed by atoms with Gasteiger partial charge in [-0.15, -0.1) is 0 Å². The van der Waals surface area contributed by atoms with Gasteiger partial charge in [0.1, 0.15) is 5.82 Å². The van der Waals surface area contributed by atoms with Crippen LogP contribution in [-0.2, 0) is 9.84 Å². The van der Waals surface area contributed by atoms with E-state index in [9.17, 15) is 12.8 Å². The Morgan fingerprint density at radius 1 is 1.33 bits per heavy atom. The zero-order valence-corrected chi connectivity index (χ0v) is 8.77. The summed E-state index contributed by atoms with van der Waals surface area (Å²) in [5.41, 5.74) is 0.522. The first-order valence-electron chi connectivity index (χ1n) is 4.83. The molecule has 0 bridgehead atoms. The van der Waals surface area contributed by atoms with Crippen LogP contribution in [0.1, 0.15) is 12.8 Å². The molecule has 3 rings (SSSR count). The molecule has 1 aromatic rings. The Bertz CT molecular complexity index is 534. The summed E-state index contributed by atoms with van der Waals surface area (Å²) in [6.07, 6.45) is 1.36. The van der Waals surface area contributed by atoms with E-state index in [0.717, 1.165) is 6.07 Å². The van der Waals surface area contributed by atoms with Crippen molar-refractivity contribution < 1.29 is 12.8 Å². The SMILES string of the molecule is O=S1(=O)c2cc(F)ccc2NCC12CC2. The molecular weight excluding hydrogens is 217 g/mol. The fourth-order valence-electron chi connectivity index (χ4n) is 2.03. The van der Waals surface area contributed by atoms with Crippen molar-refractivity contribution in [3.8, 4) is 0 Å². The van der Waals surface area contributed by atoms with Crippen molar-refractivity contribution >= 4 is 15.5 Å². The van der Waals surface area contributed by atoms with Crippen molar-refractivity contribution in [1.82, 2.24) is 0 Å². The van der Waals surface area contributed by atoms with Crippen LogP contribution in [0.3, 0.4) is 0 Å². The first-order chi connectivity index (χ1) is 7.05. The van der Waals surface area contributed by atoms with E-state index in [0.29, 0.717) is 25.1 Å². The molecule has 2 aliphatic rings. The van der Waals surface area contributed by atoms with Gasteiger partial charge in [-0.1, -0.05) is 0 Å². The molecule has 1 aliphatic heterocycles. The van der Waals surface area contributed by atoms with Gasteiger partial charge in [0, 0.05) is 6.54 Å². The highest BCUT2D eigenvalue weighted by atomic mass is 32.2. The maximum Gasteiger partial charge on any atom is 0.187 e. The quantitative estimate of drug-likeness (QED) is 0.731. The molecule has 0 radical (unpaired) electrons. The molecule has 0 atom stereocenters. The van der Waals surface area contributed by atoms with Crippen LogP contribution in [0.4, 0.5) is 10.1 Å². The summed E-state index contributed by atoms with van der Waals surface area (Å²) >= 11 is 0. The molecular formula is C10H10FNO2S. The lowest BCUT2D eigenvalue weighted by Gasteiger charge is -2.25. The van der Waals surface area contributed by atoms with Gasteiger partial charge in [-0.2, -0.15) is 0 Å². The second kappa shape index (κ2) is 2.52. The summed E-state index contributed by atoms with van der Waals surface area (Å²) in [4.78, 5) is 0.117. The number of hydrogen-bond donors (Lipinski definition) is 1. The number of sulfone groups is 1. The van der Waals surface area contributed by atoms with Crippen LogP contribution in [0, 0.1) is 5.82 Å². The number of halogens is 1. The van der Waals surface area contributed by atoms with Crippen LogP contribution in [-0.4, -0.2) is 19.7 Å². The first-order valence-corrected chi connectivity index (χ1v) is 6.32. The fraction of sp³-hybridized carbons (Fsp3) is 0.400. The summed E-state index contributed by atoms with van der Waals surface area (Å²) < 4.78 is 36.6. The van der Waals surface area contributed by atoms with E-state index < -0.39 is 20.4 Å². The minimum Gasteiger partial charge on any atom is -0.382 e. The van der Waals surface area contributed by atoms with Crippen molar-refractivity contribution in [1.29, 1.82) is 0 Å². The topological polar surface area (TPSA) is 46.2 Å². The largest absolute Gasteiger partial charge is 0.382 e. The van der Waals surface area contributed by atoms with Gasteiger partial charge >= 0.3 is 0 Å². The highest BCUT2D eigenvalue weighted by molar-refractivity contribution is 7.93. The Morgan fingerprint density at radius 3 is 2.73 bits per heavy atom. The average molecular weight is 227 g/mol. The van der Waals surface area contributed by atoms with Crippen LogP contribution in [0.25, 0.3) is 0 Å². The van der Waals surface area contributed by atoms with Crippen LogP contribution in [0.15, 0.2) is 23.1 Å². The molecule has 1 aromatic carbocycles. The van der Waals surface area contributed by atoms with Crippen molar-refractivity contribution in [3.63, 3.8) is 0 Å². The summed E-state index contributed by atoms with van der Waals surface area (Å²) in [7, 11) is -3.33. The normalized spacial score (nSPS) is 24.3.